The van der Waals surface area contributed by atoms with E-state index in [2.05, 4.69) is 16.2 Å². The second-order valence-electron chi connectivity index (χ2n) is 9.47. The van der Waals surface area contributed by atoms with Crippen molar-refractivity contribution in [3.63, 3.8) is 0 Å². The molecule has 9 nitrogen and oxygen atoms in total. The fourth-order valence-corrected chi connectivity index (χ4v) is 4.61. The van der Waals surface area contributed by atoms with Gasteiger partial charge < -0.3 is 20.8 Å². The van der Waals surface area contributed by atoms with Crippen LogP contribution in [-0.2, 0) is 6.42 Å². The van der Waals surface area contributed by atoms with Crippen LogP contribution < -0.4 is 10.6 Å². The van der Waals surface area contributed by atoms with Crippen molar-refractivity contribution in [3.05, 3.63) is 59.7 Å². The highest BCUT2D eigenvalue weighted by molar-refractivity contribution is 5.98. The largest absolute Gasteiger partial charge is 0.393 e. The van der Waals surface area contributed by atoms with Crippen LogP contribution in [0.5, 0.6) is 0 Å². The van der Waals surface area contributed by atoms with Gasteiger partial charge in [-0.25, -0.2) is 8.91 Å². The highest BCUT2D eigenvalue weighted by atomic mass is 19.1. The number of aliphatic hydroxyl groups is 2. The van der Waals surface area contributed by atoms with Crippen LogP contribution in [-0.4, -0.2) is 60.7 Å². The molecule has 1 aliphatic carbocycles. The number of rotatable bonds is 8. The van der Waals surface area contributed by atoms with Crippen molar-refractivity contribution in [2.75, 3.05) is 11.4 Å². The molecule has 3 aromatic heterocycles. The number of fused-ring (bicyclic) bond motifs is 1. The number of primary amides is 1. The van der Waals surface area contributed by atoms with E-state index in [-0.39, 0.29) is 12.1 Å². The minimum atomic E-state index is -1.66. The summed E-state index contributed by atoms with van der Waals surface area (Å²) in [6.07, 6.45) is 3.04. The predicted octanol–water partition coefficient (Wildman–Crippen LogP) is 1.75. The van der Waals surface area contributed by atoms with Crippen molar-refractivity contribution in [3.8, 4) is 6.07 Å². The molecule has 1 saturated carbocycles. The summed E-state index contributed by atoms with van der Waals surface area (Å²) in [4.78, 5) is 17.9. The van der Waals surface area contributed by atoms with Gasteiger partial charge in [0, 0.05) is 24.5 Å². The van der Waals surface area contributed by atoms with E-state index in [4.69, 9.17) is 11.0 Å². The van der Waals surface area contributed by atoms with Crippen molar-refractivity contribution < 1.29 is 19.4 Å². The second-order valence-corrected chi connectivity index (χ2v) is 9.47. The molecule has 1 atom stereocenters. The van der Waals surface area contributed by atoms with Crippen LogP contribution in [0, 0.1) is 11.3 Å². The minimum absolute atomic E-state index is 0.128. The number of aliphatic hydroxyl groups excluding tert-OH is 1. The molecule has 3 heterocycles. The third kappa shape index (κ3) is 4.32. The van der Waals surface area contributed by atoms with Gasteiger partial charge in [-0.05, 0) is 51.0 Å². The molecular weight excluding hydrogens is 439 g/mol. The Morgan fingerprint density at radius 2 is 2.15 bits per heavy atom. The molecule has 1 fully saturated rings. The first-order valence-electron chi connectivity index (χ1n) is 11.0. The van der Waals surface area contributed by atoms with Crippen LogP contribution in [0.3, 0.4) is 0 Å². The van der Waals surface area contributed by atoms with Crippen LogP contribution in [0.1, 0.15) is 48.3 Å². The molecule has 1 aliphatic rings. The van der Waals surface area contributed by atoms with Crippen LogP contribution in [0.25, 0.3) is 5.52 Å². The zero-order valence-electron chi connectivity index (χ0n) is 19.0. The third-order valence-electron chi connectivity index (χ3n) is 6.49. The number of hydrogen-bond donors (Lipinski definition) is 3. The number of nitrogens with zero attached hydrogens (tertiary/aromatic N) is 5. The molecule has 10 heteroatoms. The number of anilines is 1. The lowest BCUT2D eigenvalue weighted by molar-refractivity contribution is -0.0149. The quantitative estimate of drug-likeness (QED) is 0.459. The first-order chi connectivity index (χ1) is 16.0. The molecule has 0 spiro atoms. The Bertz CT molecular complexity index is 1260. The summed E-state index contributed by atoms with van der Waals surface area (Å²) in [7, 11) is 0. The Kier molecular flexibility index (Phi) is 6.02. The highest BCUT2D eigenvalue weighted by Crippen LogP contribution is 2.44. The number of carbonyl (C=O) groups excluding carboxylic acids is 1. The number of carbonyl (C=O) groups is 1. The summed E-state index contributed by atoms with van der Waals surface area (Å²) in [6, 6.07) is 9.09. The fourth-order valence-electron chi connectivity index (χ4n) is 4.61. The Balaban J connectivity index is 1.81. The fraction of sp³-hybridized carbons (Fsp3) is 0.417. The normalized spacial score (nSPS) is 21.0. The van der Waals surface area contributed by atoms with E-state index in [1.165, 1.54) is 32.4 Å². The molecule has 0 unspecified atom stereocenters. The van der Waals surface area contributed by atoms with Crippen LogP contribution in [0.2, 0.25) is 0 Å². The lowest BCUT2D eigenvalue weighted by Gasteiger charge is -2.55. The summed E-state index contributed by atoms with van der Waals surface area (Å²) in [5.41, 5.74) is 5.68. The molecule has 4 rings (SSSR count). The average molecular weight is 467 g/mol. The SMILES string of the molecule is CC(C)(O)[C@H](F)CN(c1ccncc1C(N)=O)C1(Cc2ccc3cc(C#N)cnn23)CC(O)C1. The first-order valence-corrected chi connectivity index (χ1v) is 11.0. The molecular formula is C24H27FN6O3. The maximum Gasteiger partial charge on any atom is 0.252 e. The molecule has 0 aromatic carbocycles. The predicted molar refractivity (Wildman–Crippen MR) is 123 cm³/mol. The summed E-state index contributed by atoms with van der Waals surface area (Å²) in [6.45, 7) is 2.55. The van der Waals surface area contributed by atoms with Gasteiger partial charge in [0.15, 0.2) is 0 Å². The van der Waals surface area contributed by atoms with Gasteiger partial charge in [-0.1, -0.05) is 0 Å². The van der Waals surface area contributed by atoms with Crippen molar-refractivity contribution in [2.45, 2.75) is 56.5 Å². The Morgan fingerprint density at radius 3 is 2.76 bits per heavy atom. The Labute approximate surface area is 196 Å². The van der Waals surface area contributed by atoms with Crippen molar-refractivity contribution in [1.82, 2.24) is 14.6 Å². The van der Waals surface area contributed by atoms with Gasteiger partial charge in [-0.3, -0.25) is 9.78 Å². The molecule has 0 bridgehead atoms. The molecule has 0 radical (unpaired) electrons. The highest BCUT2D eigenvalue weighted by Gasteiger charge is 2.50. The van der Waals surface area contributed by atoms with E-state index in [1.807, 2.05) is 12.1 Å². The summed E-state index contributed by atoms with van der Waals surface area (Å²) in [5, 5.41) is 34.2. The molecule has 1 amide bonds. The summed E-state index contributed by atoms with van der Waals surface area (Å²) < 4.78 is 17.0. The molecule has 178 valence electrons. The molecule has 3 aromatic rings. The van der Waals surface area contributed by atoms with Crippen LogP contribution in [0.15, 0.2) is 42.9 Å². The van der Waals surface area contributed by atoms with Gasteiger partial charge in [-0.2, -0.15) is 10.4 Å². The third-order valence-corrected chi connectivity index (χ3v) is 6.49. The Morgan fingerprint density at radius 1 is 1.41 bits per heavy atom. The maximum absolute atomic E-state index is 15.2. The lowest BCUT2D eigenvalue weighted by atomic mass is 9.69. The number of hydrogen-bond acceptors (Lipinski definition) is 7. The minimum Gasteiger partial charge on any atom is -0.393 e. The number of aromatic nitrogens is 3. The lowest BCUT2D eigenvalue weighted by Crippen LogP contribution is -2.64. The Hall–Kier alpha value is -3.55. The van der Waals surface area contributed by atoms with E-state index in [0.29, 0.717) is 30.5 Å². The van der Waals surface area contributed by atoms with Crippen LogP contribution >= 0.6 is 0 Å². The molecule has 0 saturated heterocycles. The number of halogens is 1. The second kappa shape index (κ2) is 8.66. The van der Waals surface area contributed by atoms with E-state index in [9.17, 15) is 15.0 Å². The van der Waals surface area contributed by atoms with Gasteiger partial charge in [0.1, 0.15) is 12.2 Å². The molecule has 4 N–H and O–H groups in total. The van der Waals surface area contributed by atoms with Crippen molar-refractivity contribution in [2.24, 2.45) is 5.73 Å². The van der Waals surface area contributed by atoms with Gasteiger partial charge >= 0.3 is 0 Å². The number of alkyl halides is 1. The monoisotopic (exact) mass is 466 g/mol. The molecule has 34 heavy (non-hydrogen) atoms. The maximum atomic E-state index is 15.2. The summed E-state index contributed by atoms with van der Waals surface area (Å²) in [5.74, 6) is -0.708. The number of pyridine rings is 1. The zero-order chi connectivity index (χ0) is 24.7. The number of nitrogens with two attached hydrogens (primary N) is 1. The number of nitriles is 1. The van der Waals surface area contributed by atoms with Gasteiger partial charge in [0.2, 0.25) is 0 Å². The van der Waals surface area contributed by atoms with Crippen molar-refractivity contribution in [1.29, 1.82) is 5.26 Å². The van der Waals surface area contributed by atoms with E-state index >= 15 is 4.39 Å². The first kappa shape index (κ1) is 23.6. The van der Waals surface area contributed by atoms with Gasteiger partial charge in [0.05, 0.1) is 52.3 Å². The van der Waals surface area contributed by atoms with Gasteiger partial charge in [0.25, 0.3) is 5.91 Å². The average Bonchev–Trinajstić information content (AvgIpc) is 3.17. The smallest absolute Gasteiger partial charge is 0.252 e. The summed E-state index contributed by atoms with van der Waals surface area (Å²) >= 11 is 0. The van der Waals surface area contributed by atoms with Gasteiger partial charge in [-0.15, -0.1) is 0 Å². The van der Waals surface area contributed by atoms with E-state index in [1.54, 1.807) is 21.5 Å². The number of amides is 1. The molecule has 0 aliphatic heterocycles. The van der Waals surface area contributed by atoms with E-state index < -0.39 is 29.3 Å². The topological polar surface area (TPSA) is 141 Å². The van der Waals surface area contributed by atoms with Crippen molar-refractivity contribution >= 4 is 17.1 Å². The van der Waals surface area contributed by atoms with Crippen LogP contribution in [0.4, 0.5) is 10.1 Å². The zero-order valence-corrected chi connectivity index (χ0v) is 19.0. The van der Waals surface area contributed by atoms with E-state index in [0.717, 1.165) is 11.2 Å². The standard InChI is InChI=1S/C24H27FN6O3/c1-23(2,34)21(25)14-30(20-5-6-28-13-19(20)22(27)33)24(9-18(32)10-24)8-17-4-3-16-7-15(11-26)12-29-31(16)17/h3-7,12-13,18,21,32,34H,8-10,14H2,1-2H3,(H2,27,33)/t18?,21-,24?/m1/s1.